The van der Waals surface area contributed by atoms with Crippen molar-refractivity contribution in [3.05, 3.63) is 34.4 Å². The Morgan fingerprint density at radius 3 is 2.00 bits per heavy atom. The summed E-state index contributed by atoms with van der Waals surface area (Å²) in [6.45, 7) is 9.21. The van der Waals surface area contributed by atoms with Gasteiger partial charge in [-0.1, -0.05) is 43.9 Å². The molecule has 1 fully saturated rings. The fraction of sp³-hybridized carbons (Fsp3) is 0.667. The predicted molar refractivity (Wildman–Crippen MR) is 83.6 cm³/mol. The summed E-state index contributed by atoms with van der Waals surface area (Å²) in [5.74, 6) is 0. The van der Waals surface area contributed by atoms with Crippen molar-refractivity contribution in [3.8, 4) is 0 Å². The van der Waals surface area contributed by atoms with E-state index in [2.05, 4.69) is 52.2 Å². The van der Waals surface area contributed by atoms with E-state index in [9.17, 15) is 0 Å². The monoisotopic (exact) mass is 259 g/mol. The highest BCUT2D eigenvalue weighted by atomic mass is 14.9. The molecular formula is C18H29N. The van der Waals surface area contributed by atoms with Crippen LogP contribution >= 0.6 is 0 Å². The summed E-state index contributed by atoms with van der Waals surface area (Å²) >= 11 is 0. The van der Waals surface area contributed by atoms with Gasteiger partial charge in [0.2, 0.25) is 0 Å². The van der Waals surface area contributed by atoms with Crippen molar-refractivity contribution in [2.24, 2.45) is 5.41 Å². The summed E-state index contributed by atoms with van der Waals surface area (Å²) in [4.78, 5) is 0. The van der Waals surface area contributed by atoms with Crippen molar-refractivity contribution in [3.63, 3.8) is 0 Å². The molecule has 1 aromatic carbocycles. The van der Waals surface area contributed by atoms with Crippen LogP contribution in [-0.2, 0) is 0 Å². The zero-order chi connectivity index (χ0) is 14.0. The molecule has 0 amide bonds. The van der Waals surface area contributed by atoms with Gasteiger partial charge in [0.15, 0.2) is 0 Å². The van der Waals surface area contributed by atoms with Crippen molar-refractivity contribution >= 4 is 0 Å². The van der Waals surface area contributed by atoms with Crippen molar-refractivity contribution in [2.45, 2.75) is 65.8 Å². The lowest BCUT2D eigenvalue weighted by molar-refractivity contribution is 0.149. The van der Waals surface area contributed by atoms with E-state index in [4.69, 9.17) is 0 Å². The van der Waals surface area contributed by atoms with Gasteiger partial charge in [-0.25, -0.2) is 0 Å². The molecule has 1 aliphatic carbocycles. The highest BCUT2D eigenvalue weighted by Crippen LogP contribution is 2.46. The number of benzene rings is 1. The average Bonchev–Trinajstić information content (AvgIpc) is 2.34. The first-order valence-corrected chi connectivity index (χ1v) is 7.73. The molecule has 0 radical (unpaired) electrons. The van der Waals surface area contributed by atoms with E-state index >= 15 is 0 Å². The number of hydrogen-bond acceptors (Lipinski definition) is 1. The first kappa shape index (κ1) is 14.6. The van der Waals surface area contributed by atoms with Crippen molar-refractivity contribution in [2.75, 3.05) is 7.05 Å². The second-order valence-electron chi connectivity index (χ2n) is 6.75. The molecule has 0 saturated heterocycles. The van der Waals surface area contributed by atoms with Crippen LogP contribution in [0.1, 0.15) is 67.3 Å². The van der Waals surface area contributed by atoms with Gasteiger partial charge in [0, 0.05) is 6.04 Å². The van der Waals surface area contributed by atoms with Crippen molar-refractivity contribution in [1.82, 2.24) is 5.32 Å². The van der Waals surface area contributed by atoms with Gasteiger partial charge in [-0.3, -0.25) is 0 Å². The Morgan fingerprint density at radius 1 is 1.00 bits per heavy atom. The van der Waals surface area contributed by atoms with E-state index in [-0.39, 0.29) is 0 Å². The summed E-state index contributed by atoms with van der Waals surface area (Å²) in [6, 6.07) is 5.16. The average molecular weight is 259 g/mol. The SMILES string of the molecule is CNC(c1c(C)cc(C)cc1C)C1(C)CCCCC1. The number of rotatable bonds is 3. The molecule has 1 unspecified atom stereocenters. The van der Waals surface area contributed by atoms with Crippen molar-refractivity contribution < 1.29 is 0 Å². The molecule has 1 N–H and O–H groups in total. The molecule has 0 bridgehead atoms. The van der Waals surface area contributed by atoms with Gasteiger partial charge in [-0.05, 0) is 62.8 Å². The minimum Gasteiger partial charge on any atom is -0.313 e. The molecule has 0 spiro atoms. The third kappa shape index (κ3) is 2.86. The van der Waals surface area contributed by atoms with Crippen LogP contribution in [0.2, 0.25) is 0 Å². The molecule has 0 aromatic heterocycles. The van der Waals surface area contributed by atoms with Gasteiger partial charge in [0.05, 0.1) is 0 Å². The topological polar surface area (TPSA) is 12.0 Å². The third-order valence-electron chi connectivity index (χ3n) is 5.01. The Morgan fingerprint density at radius 2 is 1.53 bits per heavy atom. The van der Waals surface area contributed by atoms with Gasteiger partial charge >= 0.3 is 0 Å². The van der Waals surface area contributed by atoms with E-state index in [1.54, 1.807) is 0 Å². The Kier molecular flexibility index (Phi) is 4.35. The maximum absolute atomic E-state index is 3.63. The molecule has 0 heterocycles. The quantitative estimate of drug-likeness (QED) is 0.818. The first-order chi connectivity index (χ1) is 8.98. The Balaban J connectivity index is 2.42. The molecule has 1 aliphatic rings. The summed E-state index contributed by atoms with van der Waals surface area (Å²) in [7, 11) is 2.13. The predicted octanol–water partition coefficient (Wildman–Crippen LogP) is 4.84. The zero-order valence-electron chi connectivity index (χ0n) is 13.3. The van der Waals surface area contributed by atoms with E-state index in [1.165, 1.54) is 54.4 Å². The highest BCUT2D eigenvalue weighted by Gasteiger charge is 2.36. The fourth-order valence-corrected chi connectivity index (χ4v) is 4.14. The molecule has 106 valence electrons. The smallest absolute Gasteiger partial charge is 0.0377 e. The van der Waals surface area contributed by atoms with Crippen molar-refractivity contribution in [1.29, 1.82) is 0 Å². The van der Waals surface area contributed by atoms with Crippen LogP contribution in [0.25, 0.3) is 0 Å². The lowest BCUT2D eigenvalue weighted by Crippen LogP contribution is -2.37. The van der Waals surface area contributed by atoms with Crippen LogP contribution in [0.4, 0.5) is 0 Å². The minimum atomic E-state index is 0.414. The minimum absolute atomic E-state index is 0.414. The molecule has 2 rings (SSSR count). The molecule has 1 nitrogen and oxygen atoms in total. The molecule has 1 aromatic rings. The molecule has 1 atom stereocenters. The third-order valence-corrected chi connectivity index (χ3v) is 5.01. The van der Waals surface area contributed by atoms with Gasteiger partial charge in [-0.2, -0.15) is 0 Å². The van der Waals surface area contributed by atoms with Crippen LogP contribution in [0.5, 0.6) is 0 Å². The second-order valence-corrected chi connectivity index (χ2v) is 6.75. The summed E-state index contributed by atoms with van der Waals surface area (Å²) in [6.07, 6.45) is 6.89. The Hall–Kier alpha value is -0.820. The maximum atomic E-state index is 3.63. The van der Waals surface area contributed by atoms with E-state index in [0.29, 0.717) is 11.5 Å². The van der Waals surface area contributed by atoms with Crippen LogP contribution in [-0.4, -0.2) is 7.05 Å². The summed E-state index contributed by atoms with van der Waals surface area (Å²) < 4.78 is 0. The van der Waals surface area contributed by atoms with E-state index in [1.807, 2.05) is 0 Å². The first-order valence-electron chi connectivity index (χ1n) is 7.73. The molecule has 0 aliphatic heterocycles. The van der Waals surface area contributed by atoms with Crippen LogP contribution in [0.3, 0.4) is 0 Å². The number of hydrogen-bond donors (Lipinski definition) is 1. The van der Waals surface area contributed by atoms with Gasteiger partial charge < -0.3 is 5.32 Å². The van der Waals surface area contributed by atoms with Crippen LogP contribution < -0.4 is 5.32 Å². The summed E-state index contributed by atoms with van der Waals surface area (Å²) in [5.41, 5.74) is 6.23. The van der Waals surface area contributed by atoms with E-state index in [0.717, 1.165) is 0 Å². The summed E-state index contributed by atoms with van der Waals surface area (Å²) in [5, 5.41) is 3.63. The Labute approximate surface area is 118 Å². The molecule has 1 saturated carbocycles. The number of aryl methyl sites for hydroxylation is 3. The largest absolute Gasteiger partial charge is 0.313 e. The maximum Gasteiger partial charge on any atom is 0.0377 e. The van der Waals surface area contributed by atoms with Gasteiger partial charge in [0.25, 0.3) is 0 Å². The van der Waals surface area contributed by atoms with Crippen LogP contribution in [0, 0.1) is 26.2 Å². The zero-order valence-corrected chi connectivity index (χ0v) is 13.3. The van der Waals surface area contributed by atoms with Gasteiger partial charge in [-0.15, -0.1) is 0 Å². The van der Waals surface area contributed by atoms with E-state index < -0.39 is 0 Å². The molecule has 19 heavy (non-hydrogen) atoms. The number of nitrogens with one attached hydrogen (secondary N) is 1. The lowest BCUT2D eigenvalue weighted by Gasteiger charge is -2.42. The Bertz CT molecular complexity index is 418. The van der Waals surface area contributed by atoms with Crippen LogP contribution in [0.15, 0.2) is 12.1 Å². The lowest BCUT2D eigenvalue weighted by atomic mass is 9.67. The molecule has 1 heteroatoms. The normalized spacial score (nSPS) is 20.3. The molecular weight excluding hydrogens is 230 g/mol. The fourth-order valence-electron chi connectivity index (χ4n) is 4.14. The van der Waals surface area contributed by atoms with Gasteiger partial charge in [0.1, 0.15) is 0 Å². The standard InChI is InChI=1S/C18H29N/c1-13-11-14(2)16(15(3)12-13)17(19-5)18(4)9-7-6-8-10-18/h11-12,17,19H,6-10H2,1-5H3. The second kappa shape index (κ2) is 5.66. The highest BCUT2D eigenvalue weighted by molar-refractivity contribution is 5.40.